The molecule has 2 heterocycles. The summed E-state index contributed by atoms with van der Waals surface area (Å²) in [4.78, 5) is 7.08. The highest BCUT2D eigenvalue weighted by atomic mass is 127. The summed E-state index contributed by atoms with van der Waals surface area (Å²) >= 11 is 0. The van der Waals surface area contributed by atoms with Crippen molar-refractivity contribution in [3.8, 4) is 0 Å². The Labute approximate surface area is 170 Å². The van der Waals surface area contributed by atoms with Crippen molar-refractivity contribution in [2.45, 2.75) is 65.1 Å². The van der Waals surface area contributed by atoms with Gasteiger partial charge in [-0.2, -0.15) is 0 Å². The Hall–Kier alpha value is -0.0800. The van der Waals surface area contributed by atoms with Gasteiger partial charge in [0.1, 0.15) is 0 Å². The van der Waals surface area contributed by atoms with Gasteiger partial charge in [0.2, 0.25) is 0 Å². The van der Waals surface area contributed by atoms with Crippen molar-refractivity contribution in [1.29, 1.82) is 0 Å². The second-order valence-electron chi connectivity index (χ2n) is 8.87. The van der Waals surface area contributed by atoms with Crippen LogP contribution in [0.1, 0.15) is 47.0 Å². The van der Waals surface area contributed by atoms with E-state index in [1.807, 2.05) is 7.05 Å². The molecule has 2 aliphatic heterocycles. The monoisotopic (exact) mass is 464 g/mol. The van der Waals surface area contributed by atoms with E-state index in [4.69, 9.17) is 4.74 Å². The molecule has 6 heteroatoms. The second kappa shape index (κ2) is 8.74. The first kappa shape index (κ1) is 21.2. The van der Waals surface area contributed by atoms with E-state index in [1.54, 1.807) is 0 Å². The first-order chi connectivity index (χ1) is 11.4. The number of fused-ring (bicyclic) bond motifs is 1. The van der Waals surface area contributed by atoms with Crippen molar-refractivity contribution < 1.29 is 4.74 Å². The van der Waals surface area contributed by atoms with Gasteiger partial charge < -0.3 is 20.3 Å². The molecule has 1 aliphatic carbocycles. The van der Waals surface area contributed by atoms with E-state index in [0.717, 1.165) is 18.5 Å². The van der Waals surface area contributed by atoms with Gasteiger partial charge in [0, 0.05) is 56.7 Å². The molecule has 2 saturated heterocycles. The first-order valence-electron chi connectivity index (χ1n) is 9.75. The number of nitrogens with zero attached hydrogens (tertiary/aromatic N) is 2. The van der Waals surface area contributed by atoms with Crippen LogP contribution >= 0.6 is 24.0 Å². The molecule has 0 aromatic carbocycles. The van der Waals surface area contributed by atoms with Crippen molar-refractivity contribution in [1.82, 2.24) is 15.5 Å². The van der Waals surface area contributed by atoms with Gasteiger partial charge in [-0.1, -0.05) is 27.7 Å². The van der Waals surface area contributed by atoms with Gasteiger partial charge in [-0.05, 0) is 25.2 Å². The fraction of sp³-hybridized carbons (Fsp3) is 0.947. The topological polar surface area (TPSA) is 48.9 Å². The van der Waals surface area contributed by atoms with Crippen molar-refractivity contribution in [3.63, 3.8) is 0 Å². The molecule has 1 saturated carbocycles. The van der Waals surface area contributed by atoms with Crippen LogP contribution in [0.15, 0.2) is 4.99 Å². The molecule has 3 unspecified atom stereocenters. The number of likely N-dealkylation sites (tertiary alicyclic amines) is 1. The Morgan fingerprint density at radius 3 is 2.48 bits per heavy atom. The fourth-order valence-corrected chi connectivity index (χ4v) is 4.90. The third-order valence-corrected chi connectivity index (χ3v) is 6.17. The van der Waals surface area contributed by atoms with E-state index in [2.05, 4.69) is 48.2 Å². The SMILES string of the molecule is CN=C(NC1CCN(CC(C)C)CC1)NC1C2CCOC2C1(C)C.I. The van der Waals surface area contributed by atoms with Gasteiger partial charge in [-0.15, -0.1) is 24.0 Å². The zero-order chi connectivity index (χ0) is 17.3. The summed E-state index contributed by atoms with van der Waals surface area (Å²) in [6.07, 6.45) is 4.01. The number of rotatable bonds is 4. The summed E-state index contributed by atoms with van der Waals surface area (Å²) in [6.45, 7) is 13.8. The van der Waals surface area contributed by atoms with Crippen molar-refractivity contribution in [2.75, 3.05) is 33.3 Å². The number of guanidine groups is 1. The average Bonchev–Trinajstić information content (AvgIpc) is 2.99. The second-order valence-corrected chi connectivity index (χ2v) is 8.87. The molecule has 0 spiro atoms. The van der Waals surface area contributed by atoms with Crippen LogP contribution in [0.4, 0.5) is 0 Å². The third kappa shape index (κ3) is 4.61. The van der Waals surface area contributed by atoms with E-state index in [9.17, 15) is 0 Å². The van der Waals surface area contributed by atoms with Crippen LogP contribution in [0.3, 0.4) is 0 Å². The minimum atomic E-state index is 0. The summed E-state index contributed by atoms with van der Waals surface area (Å²) in [5, 5.41) is 7.37. The Bertz CT molecular complexity index is 460. The molecular weight excluding hydrogens is 427 g/mol. The largest absolute Gasteiger partial charge is 0.377 e. The molecule has 0 amide bonds. The predicted molar refractivity (Wildman–Crippen MR) is 115 cm³/mol. The summed E-state index contributed by atoms with van der Waals surface area (Å²) in [7, 11) is 1.89. The van der Waals surface area contributed by atoms with Crippen LogP contribution in [-0.2, 0) is 4.74 Å². The van der Waals surface area contributed by atoms with Gasteiger partial charge in [-0.25, -0.2) is 0 Å². The highest BCUT2D eigenvalue weighted by Crippen LogP contribution is 2.52. The molecular formula is C19H37IN4O. The molecule has 3 aliphatic rings. The number of ether oxygens (including phenoxy) is 1. The Morgan fingerprint density at radius 1 is 1.20 bits per heavy atom. The van der Waals surface area contributed by atoms with Crippen LogP contribution in [0.5, 0.6) is 0 Å². The van der Waals surface area contributed by atoms with Gasteiger partial charge in [0.25, 0.3) is 0 Å². The highest BCUT2D eigenvalue weighted by Gasteiger charge is 2.59. The molecule has 0 radical (unpaired) electrons. The van der Waals surface area contributed by atoms with Gasteiger partial charge in [0.05, 0.1) is 6.10 Å². The number of piperidine rings is 1. The standard InChI is InChI=1S/C19H36N4O.HI/c1-13(2)12-23-9-6-14(7-10-23)21-18(20-5)22-16-15-8-11-24-17(15)19(16,3)4;/h13-17H,6-12H2,1-5H3,(H2,20,21,22);1H. The normalized spacial score (nSPS) is 32.7. The predicted octanol–water partition coefficient (Wildman–Crippen LogP) is 2.70. The van der Waals surface area contributed by atoms with Crippen LogP contribution in [0, 0.1) is 17.3 Å². The lowest BCUT2D eigenvalue weighted by molar-refractivity contribution is -0.106. The Kier molecular flexibility index (Phi) is 7.42. The molecule has 146 valence electrons. The molecule has 25 heavy (non-hydrogen) atoms. The zero-order valence-corrected chi connectivity index (χ0v) is 18.9. The lowest BCUT2D eigenvalue weighted by atomic mass is 9.57. The summed E-state index contributed by atoms with van der Waals surface area (Å²) in [5.41, 5.74) is 0.194. The van der Waals surface area contributed by atoms with Gasteiger partial charge in [-0.3, -0.25) is 4.99 Å². The van der Waals surface area contributed by atoms with E-state index < -0.39 is 0 Å². The molecule has 0 bridgehead atoms. The third-order valence-electron chi connectivity index (χ3n) is 6.17. The molecule has 3 fully saturated rings. The Morgan fingerprint density at radius 2 is 1.88 bits per heavy atom. The number of halogens is 1. The van der Waals surface area contributed by atoms with Crippen molar-refractivity contribution in [3.05, 3.63) is 0 Å². The first-order valence-corrected chi connectivity index (χ1v) is 9.75. The molecule has 5 nitrogen and oxygen atoms in total. The van der Waals surface area contributed by atoms with Gasteiger partial charge in [0.15, 0.2) is 5.96 Å². The minimum Gasteiger partial charge on any atom is -0.377 e. The maximum atomic E-state index is 5.90. The highest BCUT2D eigenvalue weighted by molar-refractivity contribution is 14.0. The number of aliphatic imine (C=N–C) groups is 1. The minimum absolute atomic E-state index is 0. The summed E-state index contributed by atoms with van der Waals surface area (Å²) in [5.74, 6) is 2.37. The molecule has 0 aromatic heterocycles. The van der Waals surface area contributed by atoms with E-state index >= 15 is 0 Å². The lowest BCUT2D eigenvalue weighted by Gasteiger charge is -2.55. The number of nitrogens with one attached hydrogen (secondary N) is 2. The molecule has 3 atom stereocenters. The smallest absolute Gasteiger partial charge is 0.191 e. The van der Waals surface area contributed by atoms with Crippen LogP contribution in [0.2, 0.25) is 0 Å². The summed E-state index contributed by atoms with van der Waals surface area (Å²) < 4.78 is 5.90. The summed E-state index contributed by atoms with van der Waals surface area (Å²) in [6, 6.07) is 1.01. The fourth-order valence-electron chi connectivity index (χ4n) is 4.90. The van der Waals surface area contributed by atoms with Crippen molar-refractivity contribution >= 4 is 29.9 Å². The number of hydrogen-bond acceptors (Lipinski definition) is 3. The lowest BCUT2D eigenvalue weighted by Crippen LogP contribution is -2.68. The van der Waals surface area contributed by atoms with E-state index in [0.29, 0.717) is 24.1 Å². The molecule has 2 N–H and O–H groups in total. The van der Waals surface area contributed by atoms with Crippen LogP contribution in [-0.4, -0.2) is 62.3 Å². The van der Waals surface area contributed by atoms with Crippen LogP contribution < -0.4 is 10.6 Å². The van der Waals surface area contributed by atoms with E-state index in [-0.39, 0.29) is 29.4 Å². The van der Waals surface area contributed by atoms with Crippen molar-refractivity contribution in [2.24, 2.45) is 22.2 Å². The number of hydrogen-bond donors (Lipinski definition) is 2. The Balaban J connectivity index is 0.00000225. The molecule has 0 aromatic rings. The van der Waals surface area contributed by atoms with Gasteiger partial charge >= 0.3 is 0 Å². The molecule has 3 rings (SSSR count). The van der Waals surface area contributed by atoms with E-state index in [1.165, 1.54) is 38.9 Å². The maximum absolute atomic E-state index is 5.90. The maximum Gasteiger partial charge on any atom is 0.191 e. The average molecular weight is 464 g/mol. The quantitative estimate of drug-likeness (QED) is 0.382. The zero-order valence-electron chi connectivity index (χ0n) is 16.5. The van der Waals surface area contributed by atoms with Crippen LogP contribution in [0.25, 0.3) is 0 Å².